The van der Waals surface area contributed by atoms with Crippen LogP contribution in [-0.4, -0.2) is 36.2 Å². The minimum atomic E-state index is -0.206. The van der Waals surface area contributed by atoms with Crippen LogP contribution in [0.5, 0.6) is 5.88 Å². The van der Waals surface area contributed by atoms with E-state index >= 15 is 0 Å². The van der Waals surface area contributed by atoms with Gasteiger partial charge in [0.1, 0.15) is 6.61 Å². The summed E-state index contributed by atoms with van der Waals surface area (Å²) in [5.74, 6) is 0.284. The fourth-order valence-electron chi connectivity index (χ4n) is 1.48. The minimum Gasteiger partial charge on any atom is -0.475 e. The molecular weight excluding hydrogens is 258 g/mol. The van der Waals surface area contributed by atoms with Gasteiger partial charge in [0.25, 0.3) is 5.91 Å². The predicted molar refractivity (Wildman–Crippen MR) is 73.8 cm³/mol. The lowest BCUT2D eigenvalue weighted by Crippen LogP contribution is -2.12. The number of aromatic nitrogens is 2. The molecule has 6 nitrogen and oxygen atoms in total. The first-order valence-electron chi connectivity index (χ1n) is 6.09. The number of hydrogen-bond acceptors (Lipinski definition) is 5. The van der Waals surface area contributed by atoms with Gasteiger partial charge in [0.05, 0.1) is 18.5 Å². The topological polar surface area (TPSA) is 73.3 Å². The Labute approximate surface area is 116 Å². The molecule has 2 aromatic heterocycles. The Balaban J connectivity index is 1.92. The zero-order valence-electron chi connectivity index (χ0n) is 11.1. The SMILES string of the molecule is COCCOc1ccc(NC(=O)c2ccncc2)cn1. The number of anilines is 1. The van der Waals surface area contributed by atoms with Gasteiger partial charge in [-0.05, 0) is 18.2 Å². The third-order valence-electron chi connectivity index (χ3n) is 2.47. The lowest BCUT2D eigenvalue weighted by molar-refractivity contribution is 0.102. The van der Waals surface area contributed by atoms with Crippen LogP contribution in [0.15, 0.2) is 42.9 Å². The molecule has 0 bridgehead atoms. The maximum atomic E-state index is 11.9. The zero-order valence-corrected chi connectivity index (χ0v) is 11.1. The lowest BCUT2D eigenvalue weighted by Gasteiger charge is -2.07. The van der Waals surface area contributed by atoms with Gasteiger partial charge in [-0.2, -0.15) is 0 Å². The van der Waals surface area contributed by atoms with Crippen molar-refractivity contribution < 1.29 is 14.3 Å². The number of rotatable bonds is 6. The number of nitrogens with zero attached hydrogens (tertiary/aromatic N) is 2. The van der Waals surface area contributed by atoms with Gasteiger partial charge in [0.2, 0.25) is 5.88 Å². The Kier molecular flexibility index (Phi) is 5.02. The highest BCUT2D eigenvalue weighted by atomic mass is 16.5. The monoisotopic (exact) mass is 273 g/mol. The molecule has 0 radical (unpaired) electrons. The predicted octanol–water partition coefficient (Wildman–Crippen LogP) is 1.75. The van der Waals surface area contributed by atoms with Crippen molar-refractivity contribution in [2.24, 2.45) is 0 Å². The molecule has 0 aliphatic carbocycles. The van der Waals surface area contributed by atoms with Crippen LogP contribution in [0.2, 0.25) is 0 Å². The molecule has 1 N–H and O–H groups in total. The fourth-order valence-corrected chi connectivity index (χ4v) is 1.48. The third-order valence-corrected chi connectivity index (χ3v) is 2.47. The van der Waals surface area contributed by atoms with Gasteiger partial charge in [0, 0.05) is 31.1 Å². The van der Waals surface area contributed by atoms with Gasteiger partial charge in [-0.1, -0.05) is 0 Å². The van der Waals surface area contributed by atoms with Crippen LogP contribution in [0.3, 0.4) is 0 Å². The molecule has 6 heteroatoms. The van der Waals surface area contributed by atoms with E-state index in [0.29, 0.717) is 30.3 Å². The van der Waals surface area contributed by atoms with E-state index in [-0.39, 0.29) is 5.91 Å². The van der Waals surface area contributed by atoms with Crippen LogP contribution in [0.4, 0.5) is 5.69 Å². The molecule has 104 valence electrons. The molecule has 20 heavy (non-hydrogen) atoms. The highest BCUT2D eigenvalue weighted by Gasteiger charge is 2.05. The maximum absolute atomic E-state index is 11.9. The summed E-state index contributed by atoms with van der Waals surface area (Å²) in [6.07, 6.45) is 4.68. The third kappa shape index (κ3) is 4.03. The Bertz CT molecular complexity index is 543. The van der Waals surface area contributed by atoms with Gasteiger partial charge >= 0.3 is 0 Å². The highest BCUT2D eigenvalue weighted by Crippen LogP contribution is 2.12. The minimum absolute atomic E-state index is 0.206. The van der Waals surface area contributed by atoms with Gasteiger partial charge in [-0.25, -0.2) is 4.98 Å². The van der Waals surface area contributed by atoms with E-state index in [0.717, 1.165) is 0 Å². The lowest BCUT2D eigenvalue weighted by atomic mass is 10.2. The normalized spacial score (nSPS) is 10.1. The van der Waals surface area contributed by atoms with Crippen LogP contribution in [-0.2, 0) is 4.74 Å². The number of nitrogens with one attached hydrogen (secondary N) is 1. The van der Waals surface area contributed by atoms with Gasteiger partial charge < -0.3 is 14.8 Å². The van der Waals surface area contributed by atoms with E-state index in [2.05, 4.69) is 15.3 Å². The molecule has 0 aromatic carbocycles. The molecule has 0 spiro atoms. The Morgan fingerprint density at radius 3 is 2.65 bits per heavy atom. The first-order chi connectivity index (χ1) is 9.79. The van der Waals surface area contributed by atoms with E-state index in [4.69, 9.17) is 9.47 Å². The molecule has 2 aromatic rings. The second-order valence-corrected chi connectivity index (χ2v) is 3.92. The number of ether oxygens (including phenoxy) is 2. The summed E-state index contributed by atoms with van der Waals surface area (Å²) in [6, 6.07) is 6.71. The summed E-state index contributed by atoms with van der Waals surface area (Å²) in [7, 11) is 1.61. The van der Waals surface area contributed by atoms with Crippen molar-refractivity contribution in [3.05, 3.63) is 48.4 Å². The number of pyridine rings is 2. The fraction of sp³-hybridized carbons (Fsp3) is 0.214. The second-order valence-electron chi connectivity index (χ2n) is 3.92. The first-order valence-corrected chi connectivity index (χ1v) is 6.09. The molecule has 0 atom stereocenters. The van der Waals surface area contributed by atoms with Crippen LogP contribution < -0.4 is 10.1 Å². The number of carbonyl (C=O) groups excluding carboxylic acids is 1. The maximum Gasteiger partial charge on any atom is 0.255 e. The van der Waals surface area contributed by atoms with E-state index in [1.807, 2.05) is 0 Å². The molecule has 2 rings (SSSR count). The summed E-state index contributed by atoms with van der Waals surface area (Å²) in [5.41, 5.74) is 1.14. The number of hydrogen-bond donors (Lipinski definition) is 1. The summed E-state index contributed by atoms with van der Waals surface area (Å²) >= 11 is 0. The molecular formula is C14H15N3O3. The van der Waals surface area contributed by atoms with Crippen molar-refractivity contribution >= 4 is 11.6 Å². The largest absolute Gasteiger partial charge is 0.475 e. The van der Waals surface area contributed by atoms with Crippen molar-refractivity contribution in [3.8, 4) is 5.88 Å². The first kappa shape index (κ1) is 14.0. The zero-order chi connectivity index (χ0) is 14.2. The van der Waals surface area contributed by atoms with E-state index in [1.165, 1.54) is 0 Å². The van der Waals surface area contributed by atoms with Crippen molar-refractivity contribution in [1.82, 2.24) is 9.97 Å². The van der Waals surface area contributed by atoms with Crippen molar-refractivity contribution in [3.63, 3.8) is 0 Å². The average molecular weight is 273 g/mol. The Morgan fingerprint density at radius 1 is 1.20 bits per heavy atom. The van der Waals surface area contributed by atoms with E-state index in [1.54, 1.807) is 50.0 Å². The van der Waals surface area contributed by atoms with Gasteiger partial charge in [-0.3, -0.25) is 9.78 Å². The average Bonchev–Trinajstić information content (AvgIpc) is 2.50. The molecule has 1 amide bonds. The van der Waals surface area contributed by atoms with Crippen LogP contribution in [0.25, 0.3) is 0 Å². The van der Waals surface area contributed by atoms with E-state index in [9.17, 15) is 4.79 Å². The molecule has 0 saturated heterocycles. The number of methoxy groups -OCH3 is 1. The van der Waals surface area contributed by atoms with Gasteiger partial charge in [0.15, 0.2) is 0 Å². The van der Waals surface area contributed by atoms with Crippen LogP contribution in [0.1, 0.15) is 10.4 Å². The summed E-state index contributed by atoms with van der Waals surface area (Å²) in [6.45, 7) is 0.939. The number of carbonyl (C=O) groups is 1. The van der Waals surface area contributed by atoms with Crippen molar-refractivity contribution in [2.45, 2.75) is 0 Å². The standard InChI is InChI=1S/C14H15N3O3/c1-19-8-9-20-13-3-2-12(10-16-13)17-14(18)11-4-6-15-7-5-11/h2-7,10H,8-9H2,1H3,(H,17,18). The molecule has 0 aliphatic rings. The Morgan fingerprint density at radius 2 is 2.00 bits per heavy atom. The summed E-state index contributed by atoms with van der Waals surface area (Å²) < 4.78 is 10.2. The summed E-state index contributed by atoms with van der Waals surface area (Å²) in [5, 5.41) is 2.74. The van der Waals surface area contributed by atoms with Crippen molar-refractivity contribution in [2.75, 3.05) is 25.6 Å². The second kappa shape index (κ2) is 7.20. The molecule has 0 unspecified atom stereocenters. The molecule has 0 fully saturated rings. The number of amides is 1. The van der Waals surface area contributed by atoms with E-state index < -0.39 is 0 Å². The smallest absolute Gasteiger partial charge is 0.255 e. The summed E-state index contributed by atoms with van der Waals surface area (Å²) in [4.78, 5) is 19.9. The van der Waals surface area contributed by atoms with Crippen LogP contribution in [0, 0.1) is 0 Å². The highest BCUT2D eigenvalue weighted by molar-refractivity contribution is 6.04. The molecule has 0 aliphatic heterocycles. The molecule has 2 heterocycles. The van der Waals surface area contributed by atoms with Crippen LogP contribution >= 0.6 is 0 Å². The Hall–Kier alpha value is -2.47. The molecule has 0 saturated carbocycles. The van der Waals surface area contributed by atoms with Gasteiger partial charge in [-0.15, -0.1) is 0 Å². The quantitative estimate of drug-likeness (QED) is 0.812. The van der Waals surface area contributed by atoms with Crippen molar-refractivity contribution in [1.29, 1.82) is 0 Å².